The van der Waals surface area contributed by atoms with Crippen LogP contribution < -0.4 is 5.56 Å². The van der Waals surface area contributed by atoms with Crippen molar-refractivity contribution >= 4 is 16.9 Å². The molecule has 0 spiro atoms. The van der Waals surface area contributed by atoms with E-state index in [-0.39, 0.29) is 12.0 Å². The number of pyridine rings is 1. The smallest absolute Gasteiger partial charge is 0.308 e. The number of fused-ring (bicyclic) bond motifs is 1. The molecular formula is C14H15NO3. The lowest BCUT2D eigenvalue weighted by Gasteiger charge is -2.13. The molecule has 2 aromatic rings. The highest BCUT2D eigenvalue weighted by Crippen LogP contribution is 2.22. The van der Waals surface area contributed by atoms with Gasteiger partial charge in [-0.05, 0) is 25.0 Å². The molecule has 94 valence electrons. The molecule has 0 aliphatic heterocycles. The molecule has 4 nitrogen and oxygen atoms in total. The Morgan fingerprint density at radius 1 is 1.33 bits per heavy atom. The molecule has 1 heterocycles. The van der Waals surface area contributed by atoms with Gasteiger partial charge in [-0.2, -0.15) is 0 Å². The van der Waals surface area contributed by atoms with Crippen molar-refractivity contribution in [1.82, 2.24) is 4.57 Å². The second-order valence-corrected chi connectivity index (χ2v) is 4.51. The first kappa shape index (κ1) is 12.4. The third-order valence-electron chi connectivity index (χ3n) is 3.32. The van der Waals surface area contributed by atoms with Crippen LogP contribution >= 0.6 is 0 Å². The molecule has 0 saturated heterocycles. The Morgan fingerprint density at radius 2 is 2.00 bits per heavy atom. The number of para-hydroxylation sites is 1. The highest BCUT2D eigenvalue weighted by molar-refractivity contribution is 5.87. The van der Waals surface area contributed by atoms with E-state index in [0.29, 0.717) is 5.56 Å². The van der Waals surface area contributed by atoms with Gasteiger partial charge in [0.25, 0.3) is 5.56 Å². The Balaban J connectivity index is 2.92. The summed E-state index contributed by atoms with van der Waals surface area (Å²) >= 11 is 0. The van der Waals surface area contributed by atoms with Gasteiger partial charge in [0, 0.05) is 18.0 Å². The lowest BCUT2D eigenvalue weighted by atomic mass is 10.00. The van der Waals surface area contributed by atoms with E-state index in [1.807, 2.05) is 25.1 Å². The summed E-state index contributed by atoms with van der Waals surface area (Å²) in [6, 6.07) is 5.78. The van der Waals surface area contributed by atoms with Crippen molar-refractivity contribution in [3.63, 3.8) is 0 Å². The maximum atomic E-state index is 12.2. The summed E-state index contributed by atoms with van der Waals surface area (Å²) in [7, 11) is 1.68. The van der Waals surface area contributed by atoms with Gasteiger partial charge in [0.2, 0.25) is 0 Å². The van der Waals surface area contributed by atoms with Crippen LogP contribution in [0.25, 0.3) is 10.9 Å². The number of hydrogen-bond acceptors (Lipinski definition) is 2. The fourth-order valence-electron chi connectivity index (χ4n) is 2.39. The van der Waals surface area contributed by atoms with E-state index in [2.05, 4.69) is 0 Å². The van der Waals surface area contributed by atoms with Crippen LogP contribution in [0.4, 0.5) is 0 Å². The molecule has 0 saturated carbocycles. The van der Waals surface area contributed by atoms with Crippen LogP contribution in [-0.2, 0) is 18.3 Å². The van der Waals surface area contributed by atoms with Crippen molar-refractivity contribution in [3.8, 4) is 0 Å². The molecule has 18 heavy (non-hydrogen) atoms. The van der Waals surface area contributed by atoms with Crippen molar-refractivity contribution < 1.29 is 9.90 Å². The van der Waals surface area contributed by atoms with E-state index < -0.39 is 5.97 Å². The summed E-state index contributed by atoms with van der Waals surface area (Å²) in [5.41, 5.74) is 2.78. The number of carboxylic acids is 1. The normalized spacial score (nSPS) is 10.8. The third-order valence-corrected chi connectivity index (χ3v) is 3.32. The van der Waals surface area contributed by atoms with E-state index in [0.717, 1.165) is 22.0 Å². The zero-order chi connectivity index (χ0) is 13.4. The number of carbonyl (C=O) groups is 1. The molecule has 1 aromatic carbocycles. The van der Waals surface area contributed by atoms with Crippen LogP contribution in [-0.4, -0.2) is 15.6 Å². The highest BCUT2D eigenvalue weighted by Gasteiger charge is 2.15. The maximum Gasteiger partial charge on any atom is 0.308 e. The molecule has 1 aromatic heterocycles. The number of aliphatic carboxylic acids is 1. The van der Waals surface area contributed by atoms with Gasteiger partial charge in [0.05, 0.1) is 11.9 Å². The van der Waals surface area contributed by atoms with Gasteiger partial charge < -0.3 is 9.67 Å². The number of carboxylic acid groups (broad SMARTS) is 1. The van der Waals surface area contributed by atoms with Gasteiger partial charge >= 0.3 is 5.97 Å². The van der Waals surface area contributed by atoms with Crippen LogP contribution in [0.1, 0.15) is 16.7 Å². The molecule has 0 atom stereocenters. The standard InChI is InChI=1S/C14H15NO3/c1-8-5-4-6-10-9(2)11(7-12(16)17)14(18)15(3)13(8)10/h4-6H,7H2,1-3H3,(H,16,17). The van der Waals surface area contributed by atoms with Crippen LogP contribution in [0.15, 0.2) is 23.0 Å². The van der Waals surface area contributed by atoms with Crippen LogP contribution in [0, 0.1) is 13.8 Å². The van der Waals surface area contributed by atoms with Gasteiger partial charge in [-0.3, -0.25) is 9.59 Å². The number of hydrogen-bond donors (Lipinski definition) is 1. The molecule has 0 bridgehead atoms. The SMILES string of the molecule is Cc1c(CC(=O)O)c(=O)n(C)c2c(C)cccc12. The lowest BCUT2D eigenvalue weighted by Crippen LogP contribution is -2.25. The first-order valence-electron chi connectivity index (χ1n) is 5.73. The second-order valence-electron chi connectivity index (χ2n) is 4.51. The Bertz CT molecular complexity index is 698. The predicted molar refractivity (Wildman–Crippen MR) is 70.0 cm³/mol. The Hall–Kier alpha value is -2.10. The molecular weight excluding hydrogens is 230 g/mol. The van der Waals surface area contributed by atoms with Crippen LogP contribution in [0.5, 0.6) is 0 Å². The van der Waals surface area contributed by atoms with Crippen LogP contribution in [0.3, 0.4) is 0 Å². The van der Waals surface area contributed by atoms with Crippen molar-refractivity contribution in [1.29, 1.82) is 0 Å². The van der Waals surface area contributed by atoms with E-state index >= 15 is 0 Å². The predicted octanol–water partition coefficient (Wildman–Crippen LogP) is 1.78. The summed E-state index contributed by atoms with van der Waals surface area (Å²) < 4.78 is 1.54. The van der Waals surface area contributed by atoms with Crippen molar-refractivity contribution in [2.45, 2.75) is 20.3 Å². The fourth-order valence-corrected chi connectivity index (χ4v) is 2.39. The van der Waals surface area contributed by atoms with E-state index in [1.54, 1.807) is 14.0 Å². The third kappa shape index (κ3) is 1.79. The highest BCUT2D eigenvalue weighted by atomic mass is 16.4. The monoisotopic (exact) mass is 245 g/mol. The minimum absolute atomic E-state index is 0.225. The average Bonchev–Trinajstić information content (AvgIpc) is 2.31. The molecule has 0 aliphatic rings. The van der Waals surface area contributed by atoms with Gasteiger partial charge in [-0.1, -0.05) is 18.2 Å². The minimum atomic E-state index is -0.984. The summed E-state index contributed by atoms with van der Waals surface area (Å²) in [6.45, 7) is 3.75. The second kappa shape index (κ2) is 4.29. The quantitative estimate of drug-likeness (QED) is 0.877. The summed E-state index contributed by atoms with van der Waals surface area (Å²) in [4.78, 5) is 23.0. The molecule has 0 radical (unpaired) electrons. The van der Waals surface area contributed by atoms with Gasteiger partial charge in [0.15, 0.2) is 0 Å². The van der Waals surface area contributed by atoms with E-state index in [9.17, 15) is 9.59 Å². The first-order valence-corrected chi connectivity index (χ1v) is 5.73. The van der Waals surface area contributed by atoms with Gasteiger partial charge in [-0.25, -0.2) is 0 Å². The zero-order valence-corrected chi connectivity index (χ0v) is 10.7. The van der Waals surface area contributed by atoms with Crippen molar-refractivity contribution in [2.75, 3.05) is 0 Å². The van der Waals surface area contributed by atoms with E-state index in [4.69, 9.17) is 5.11 Å². The average molecular weight is 245 g/mol. The summed E-state index contributed by atoms with van der Waals surface area (Å²) in [6.07, 6.45) is -0.234. The molecule has 0 aliphatic carbocycles. The van der Waals surface area contributed by atoms with Gasteiger partial charge in [0.1, 0.15) is 0 Å². The number of rotatable bonds is 2. The largest absolute Gasteiger partial charge is 0.481 e. The molecule has 0 fully saturated rings. The maximum absolute atomic E-state index is 12.2. The molecule has 0 amide bonds. The molecule has 4 heteroatoms. The zero-order valence-electron chi connectivity index (χ0n) is 10.7. The Morgan fingerprint density at radius 3 is 2.61 bits per heavy atom. The molecule has 2 rings (SSSR count). The number of nitrogens with zero attached hydrogens (tertiary/aromatic N) is 1. The van der Waals surface area contributed by atoms with Crippen molar-refractivity contribution in [2.24, 2.45) is 7.05 Å². The molecule has 1 N–H and O–H groups in total. The van der Waals surface area contributed by atoms with E-state index in [1.165, 1.54) is 4.57 Å². The number of benzene rings is 1. The Labute approximate surface area is 104 Å². The van der Waals surface area contributed by atoms with Crippen molar-refractivity contribution in [3.05, 3.63) is 45.2 Å². The first-order chi connectivity index (χ1) is 8.43. The summed E-state index contributed by atoms with van der Waals surface area (Å²) in [5.74, 6) is -0.984. The summed E-state index contributed by atoms with van der Waals surface area (Å²) in [5, 5.41) is 9.82. The lowest BCUT2D eigenvalue weighted by molar-refractivity contribution is -0.136. The Kier molecular flexibility index (Phi) is 2.95. The van der Waals surface area contributed by atoms with Crippen LogP contribution in [0.2, 0.25) is 0 Å². The number of aryl methyl sites for hydroxylation is 3. The number of aromatic nitrogens is 1. The molecule has 0 unspecified atom stereocenters. The topological polar surface area (TPSA) is 59.3 Å². The fraction of sp³-hybridized carbons (Fsp3) is 0.286. The minimum Gasteiger partial charge on any atom is -0.481 e. The van der Waals surface area contributed by atoms with Gasteiger partial charge in [-0.15, -0.1) is 0 Å².